The first-order valence-electron chi connectivity index (χ1n) is 46.6. The molecule has 0 bridgehead atoms. The Bertz CT molecular complexity index is 7940. The third-order valence-corrected chi connectivity index (χ3v) is 31.6. The van der Waals surface area contributed by atoms with E-state index >= 15 is 0 Å². The number of rotatable bonds is 18. The van der Waals surface area contributed by atoms with Crippen LogP contribution in [-0.4, -0.2) is 18.3 Å². The minimum atomic E-state index is -0.435. The lowest BCUT2D eigenvalue weighted by Crippen LogP contribution is -2.41. The van der Waals surface area contributed by atoms with Crippen LogP contribution in [0.15, 0.2) is 490 Å². The average Bonchev–Trinajstić information content (AvgIpc) is 1.65. The zero-order valence-electron chi connectivity index (χ0n) is 76.4. The molecule has 25 rings (SSSR count). The van der Waals surface area contributed by atoms with E-state index in [0.717, 1.165) is 89.3 Å². The van der Waals surface area contributed by atoms with Gasteiger partial charge in [0.15, 0.2) is 0 Å². The molecule has 0 amide bonds. The van der Waals surface area contributed by atoms with E-state index < -0.39 is 18.3 Å². The van der Waals surface area contributed by atoms with Gasteiger partial charge in [-0.05, 0) is 319 Å². The normalized spacial score (nSPS) is 12.7. The van der Waals surface area contributed by atoms with Crippen molar-refractivity contribution in [2.24, 2.45) is 0 Å². The SMILES string of the molecule is Brc1cc(N(c2ccccc2)c2ccccc2)cc(N(c2ccccc2)c2ccccc2)c1.CC1(C)OB(c2cc(-c3ccc4sc5ccccc5c4c3)cc(-c3ccc4sc5ccccc5c4c3)c2)OC1(C)C.c1ccc(N(c2ccccc2)c2cc(-c3cc(-c4ccc5sc6ccccc6c5c4)cc(-c4ccc5sc6ccccc6c5c4)c3)cc(N(c3ccccc3)c3ccccc3)c2)cc1. The smallest absolute Gasteiger partial charge is 0.399 e. The van der Waals surface area contributed by atoms with Gasteiger partial charge in [-0.25, -0.2) is 0 Å². The molecule has 4 aromatic heterocycles. The number of thiophene rings is 4. The molecule has 662 valence electrons. The largest absolute Gasteiger partial charge is 0.494 e. The first-order chi connectivity index (χ1) is 67.7. The summed E-state index contributed by atoms with van der Waals surface area (Å²) in [6.07, 6.45) is 0. The second-order valence-electron chi connectivity index (χ2n) is 35.9. The highest BCUT2D eigenvalue weighted by molar-refractivity contribution is 9.10. The Kier molecular flexibility index (Phi) is 23.7. The van der Waals surface area contributed by atoms with Gasteiger partial charge < -0.3 is 28.9 Å². The van der Waals surface area contributed by atoms with Crippen LogP contribution in [0.25, 0.3) is 136 Å². The van der Waals surface area contributed by atoms with E-state index in [2.05, 4.69) is 524 Å². The van der Waals surface area contributed by atoms with Gasteiger partial charge in [0.2, 0.25) is 0 Å². The molecule has 1 aliphatic heterocycles. The third kappa shape index (κ3) is 17.4. The Morgan fingerprint density at radius 3 is 0.623 bits per heavy atom. The molecule has 6 nitrogen and oxygen atoms in total. The zero-order valence-corrected chi connectivity index (χ0v) is 81.2. The quantitative estimate of drug-likeness (QED) is 0.0796. The minimum Gasteiger partial charge on any atom is -0.399 e. The van der Waals surface area contributed by atoms with Crippen molar-refractivity contribution in [2.45, 2.75) is 38.9 Å². The van der Waals surface area contributed by atoms with E-state index in [1.807, 2.05) is 69.6 Å². The topological polar surface area (TPSA) is 31.4 Å². The monoisotopic (exact) mass is 1910 g/mol. The predicted molar refractivity (Wildman–Crippen MR) is 600 cm³/mol. The van der Waals surface area contributed by atoms with Crippen LogP contribution >= 0.6 is 61.3 Å². The van der Waals surface area contributed by atoms with Crippen LogP contribution in [0.1, 0.15) is 27.7 Å². The summed E-state index contributed by atoms with van der Waals surface area (Å²) in [7, 11) is -0.435. The van der Waals surface area contributed by atoms with Gasteiger partial charge in [-0.2, -0.15) is 0 Å². The molecule has 0 N–H and O–H groups in total. The molecule has 1 saturated heterocycles. The van der Waals surface area contributed by atoms with Crippen molar-refractivity contribution in [3.8, 4) is 55.6 Å². The molecule has 0 radical (unpaired) electrons. The summed E-state index contributed by atoms with van der Waals surface area (Å²) < 4.78 is 24.6. The summed E-state index contributed by atoms with van der Waals surface area (Å²) in [4.78, 5) is 9.30. The van der Waals surface area contributed by atoms with E-state index in [1.54, 1.807) is 0 Å². The fourth-order valence-corrected chi connectivity index (χ4v) is 23.9. The number of hydrogen-bond acceptors (Lipinski definition) is 10. The standard InChI is InChI=1S/C60H40N2S2.C36H29BO2S2.C30H23BrN2/c1-5-17-47(18-6-1)61(48-19-7-2-8-20-48)51-36-46(37-52(40-51)62(49-21-9-3-10-22-49)50-23-11-4-12-24-50)45-34-43(41-29-31-59-55(38-41)53-25-13-15-27-57(53)63-59)33-44(35-45)42-30-32-60-56(39-42)54-26-14-16-28-58(54)64-60;1-35(2)36(3,4)39-37(38-35)26-18-24(22-13-15-33-29(20-22)27-9-5-7-11-31(27)40-33)17-25(19-26)23-14-16-34-30(21-23)28-10-6-8-12-32(28)41-34;31-24-21-29(32(25-13-5-1-6-14-25)26-15-7-2-8-16-26)23-30(22-24)33(27-17-9-3-10-18-27)28-19-11-4-12-20-28/h1-40H;5-21H,1-4H3;1-23H. The van der Waals surface area contributed by atoms with E-state index in [9.17, 15) is 0 Å². The minimum absolute atomic E-state index is 0.406. The highest BCUT2D eigenvalue weighted by Gasteiger charge is 2.52. The molecule has 1 fully saturated rings. The van der Waals surface area contributed by atoms with Gasteiger partial charge >= 0.3 is 7.12 Å². The molecule has 20 aromatic carbocycles. The Labute approximate surface area is 829 Å². The fourth-order valence-electron chi connectivity index (χ4n) is 19.1. The summed E-state index contributed by atoms with van der Waals surface area (Å²) in [5.41, 5.74) is 25.0. The molecular formula is C126H92BBrN4O2S4. The Morgan fingerprint density at radius 1 is 0.181 bits per heavy atom. The maximum absolute atomic E-state index is 6.54. The van der Waals surface area contributed by atoms with Crippen LogP contribution in [0.4, 0.5) is 68.2 Å². The lowest BCUT2D eigenvalue weighted by Gasteiger charge is -2.32. The number of fused-ring (bicyclic) bond motifs is 12. The third-order valence-electron chi connectivity index (χ3n) is 26.5. The van der Waals surface area contributed by atoms with E-state index in [-0.39, 0.29) is 0 Å². The number of hydrogen-bond donors (Lipinski definition) is 0. The molecule has 0 unspecified atom stereocenters. The molecule has 0 saturated carbocycles. The van der Waals surface area contributed by atoms with Crippen LogP contribution in [0.2, 0.25) is 0 Å². The molecule has 138 heavy (non-hydrogen) atoms. The van der Waals surface area contributed by atoms with Crippen LogP contribution in [0.3, 0.4) is 0 Å². The van der Waals surface area contributed by atoms with E-state index in [1.165, 1.54) is 125 Å². The number of anilines is 12. The fraction of sp³-hybridized carbons (Fsp3) is 0.0476. The first kappa shape index (κ1) is 87.0. The molecule has 24 aromatic rings. The van der Waals surface area contributed by atoms with Gasteiger partial charge in [-0.1, -0.05) is 271 Å². The predicted octanol–water partition coefficient (Wildman–Crippen LogP) is 37.8. The van der Waals surface area contributed by atoms with Gasteiger partial charge in [0.25, 0.3) is 0 Å². The Morgan fingerprint density at radius 2 is 0.377 bits per heavy atom. The zero-order chi connectivity index (χ0) is 92.8. The second kappa shape index (κ2) is 37.6. The summed E-state index contributed by atoms with van der Waals surface area (Å²) in [5.74, 6) is 0. The van der Waals surface area contributed by atoms with Crippen molar-refractivity contribution < 1.29 is 9.31 Å². The Hall–Kier alpha value is -15.1. The lowest BCUT2D eigenvalue weighted by atomic mass is 9.76. The number of halogens is 1. The Balaban J connectivity index is 0.000000124. The van der Waals surface area contributed by atoms with Crippen molar-refractivity contribution in [3.63, 3.8) is 0 Å². The van der Waals surface area contributed by atoms with Crippen molar-refractivity contribution in [2.75, 3.05) is 19.6 Å². The van der Waals surface area contributed by atoms with Crippen molar-refractivity contribution in [1.29, 1.82) is 0 Å². The lowest BCUT2D eigenvalue weighted by molar-refractivity contribution is 0.00578. The summed E-state index contributed by atoms with van der Waals surface area (Å²) in [6, 6.07) is 175. The first-order valence-corrected chi connectivity index (χ1v) is 50.7. The maximum atomic E-state index is 6.54. The van der Waals surface area contributed by atoms with Crippen LogP contribution in [-0.2, 0) is 9.31 Å². The van der Waals surface area contributed by atoms with Crippen LogP contribution in [0, 0.1) is 0 Å². The summed E-state index contributed by atoms with van der Waals surface area (Å²) in [5, 5.41) is 10.4. The maximum Gasteiger partial charge on any atom is 0.494 e. The number of benzene rings is 20. The average molecular weight is 1910 g/mol. The molecule has 1 aliphatic rings. The van der Waals surface area contributed by atoms with Gasteiger partial charge in [0.1, 0.15) is 0 Å². The van der Waals surface area contributed by atoms with Crippen LogP contribution < -0.4 is 25.1 Å². The highest BCUT2D eigenvalue weighted by atomic mass is 79.9. The van der Waals surface area contributed by atoms with E-state index in [0.29, 0.717) is 0 Å². The second-order valence-corrected chi connectivity index (χ2v) is 41.2. The highest BCUT2D eigenvalue weighted by Crippen LogP contribution is 2.50. The number of nitrogens with zero attached hydrogens (tertiary/aromatic N) is 4. The molecule has 5 heterocycles. The van der Waals surface area contributed by atoms with Gasteiger partial charge in [0, 0.05) is 153 Å². The summed E-state index contributed by atoms with van der Waals surface area (Å²) >= 11 is 11.2. The van der Waals surface area contributed by atoms with Gasteiger partial charge in [-0.15, -0.1) is 45.3 Å². The molecule has 0 spiro atoms. The van der Waals surface area contributed by atoms with Gasteiger partial charge in [0.05, 0.1) is 11.2 Å². The molecule has 12 heteroatoms. The van der Waals surface area contributed by atoms with Crippen molar-refractivity contribution in [1.82, 2.24) is 0 Å². The van der Waals surface area contributed by atoms with Gasteiger partial charge in [-0.3, -0.25) is 0 Å². The molecular weight excluding hydrogens is 1820 g/mol. The molecule has 0 aliphatic carbocycles. The molecule has 0 atom stereocenters. The van der Waals surface area contributed by atoms with Crippen molar-refractivity contribution in [3.05, 3.63) is 490 Å². The number of para-hydroxylation sites is 8. The van der Waals surface area contributed by atoms with Crippen LogP contribution in [0.5, 0.6) is 0 Å². The van der Waals surface area contributed by atoms with Crippen molar-refractivity contribution >= 4 is 223 Å². The van der Waals surface area contributed by atoms with E-state index in [4.69, 9.17) is 9.31 Å². The summed E-state index contributed by atoms with van der Waals surface area (Å²) in [6.45, 7) is 8.46.